The van der Waals surface area contributed by atoms with Gasteiger partial charge >= 0.3 is 0 Å². The van der Waals surface area contributed by atoms with Crippen molar-refractivity contribution in [2.75, 3.05) is 49.5 Å². The van der Waals surface area contributed by atoms with Crippen molar-refractivity contribution in [3.8, 4) is 5.75 Å². The molecule has 8 heteroatoms. The van der Waals surface area contributed by atoms with Crippen molar-refractivity contribution in [2.45, 2.75) is 6.92 Å². The number of thiazole rings is 1. The van der Waals surface area contributed by atoms with E-state index in [9.17, 15) is 4.79 Å². The molecular formula is C17H23ClN4O2S. The highest BCUT2D eigenvalue weighted by atomic mass is 35.5. The highest BCUT2D eigenvalue weighted by Crippen LogP contribution is 2.28. The Bertz CT molecular complexity index is 660. The minimum atomic E-state index is -0.00637. The molecule has 0 spiro atoms. The lowest BCUT2D eigenvalue weighted by Crippen LogP contribution is -2.48. The first-order valence-corrected chi connectivity index (χ1v) is 9.02. The normalized spacial score (nSPS) is 14.7. The molecule has 1 saturated heterocycles. The Morgan fingerprint density at radius 2 is 2.04 bits per heavy atom. The van der Waals surface area contributed by atoms with Crippen LogP contribution in [0.3, 0.4) is 0 Å². The zero-order valence-electron chi connectivity index (χ0n) is 14.2. The number of rotatable bonds is 6. The minimum Gasteiger partial charge on any atom is -0.492 e. The average molecular weight is 383 g/mol. The van der Waals surface area contributed by atoms with Crippen molar-refractivity contribution < 1.29 is 9.53 Å². The Balaban J connectivity index is 0.00000225. The number of ether oxygens (including phenoxy) is 1. The van der Waals surface area contributed by atoms with Gasteiger partial charge in [-0.15, -0.1) is 23.7 Å². The number of para-hydroxylation sites is 2. The van der Waals surface area contributed by atoms with E-state index in [4.69, 9.17) is 4.74 Å². The van der Waals surface area contributed by atoms with Gasteiger partial charge in [0.25, 0.3) is 0 Å². The second kappa shape index (κ2) is 9.60. The second-order valence-electron chi connectivity index (χ2n) is 5.55. The summed E-state index contributed by atoms with van der Waals surface area (Å²) >= 11 is 1.43. The molecule has 6 nitrogen and oxygen atoms in total. The Labute approximate surface area is 158 Å². The molecule has 2 heterocycles. The second-order valence-corrected chi connectivity index (χ2v) is 6.44. The predicted octanol–water partition coefficient (Wildman–Crippen LogP) is 2.72. The van der Waals surface area contributed by atoms with Gasteiger partial charge in [0.2, 0.25) is 5.91 Å². The van der Waals surface area contributed by atoms with Gasteiger partial charge < -0.3 is 15.0 Å². The third-order valence-corrected chi connectivity index (χ3v) is 4.61. The fraction of sp³-hybridized carbons (Fsp3) is 0.412. The molecule has 136 valence electrons. The van der Waals surface area contributed by atoms with Gasteiger partial charge in [0.1, 0.15) is 5.75 Å². The van der Waals surface area contributed by atoms with E-state index in [2.05, 4.69) is 26.2 Å². The molecule has 1 fully saturated rings. The average Bonchev–Trinajstić information content (AvgIpc) is 3.09. The van der Waals surface area contributed by atoms with E-state index in [1.807, 2.05) is 30.5 Å². The molecule has 0 radical (unpaired) electrons. The number of nitrogens with zero attached hydrogens (tertiary/aromatic N) is 3. The Kier molecular flexibility index (Phi) is 7.49. The first-order chi connectivity index (χ1) is 11.8. The van der Waals surface area contributed by atoms with Crippen molar-refractivity contribution in [2.24, 2.45) is 0 Å². The fourth-order valence-electron chi connectivity index (χ4n) is 2.79. The van der Waals surface area contributed by atoms with E-state index in [1.165, 1.54) is 11.3 Å². The predicted molar refractivity (Wildman–Crippen MR) is 104 cm³/mol. The van der Waals surface area contributed by atoms with E-state index < -0.39 is 0 Å². The molecule has 1 aliphatic heterocycles. The summed E-state index contributed by atoms with van der Waals surface area (Å²) in [6.07, 6.45) is 1.69. The Morgan fingerprint density at radius 3 is 2.72 bits per heavy atom. The SMILES string of the molecule is CCOc1ccccc1N1CCN(CC(=O)Nc2nccs2)CC1.Cl. The van der Waals surface area contributed by atoms with Crippen LogP contribution < -0.4 is 15.0 Å². The number of amides is 1. The molecule has 0 aliphatic carbocycles. The zero-order valence-corrected chi connectivity index (χ0v) is 15.8. The number of carbonyl (C=O) groups is 1. The summed E-state index contributed by atoms with van der Waals surface area (Å²) in [5, 5.41) is 5.34. The van der Waals surface area contributed by atoms with E-state index in [1.54, 1.807) is 6.20 Å². The molecule has 1 amide bonds. The third-order valence-electron chi connectivity index (χ3n) is 3.92. The van der Waals surface area contributed by atoms with Crippen LogP contribution in [0.2, 0.25) is 0 Å². The van der Waals surface area contributed by atoms with Gasteiger partial charge in [0.05, 0.1) is 18.8 Å². The number of carbonyl (C=O) groups excluding carboxylic acids is 1. The highest BCUT2D eigenvalue weighted by Gasteiger charge is 2.21. The molecule has 1 N–H and O–H groups in total. The van der Waals surface area contributed by atoms with Gasteiger partial charge in [-0.05, 0) is 19.1 Å². The van der Waals surface area contributed by atoms with Crippen molar-refractivity contribution in [3.05, 3.63) is 35.8 Å². The maximum atomic E-state index is 12.0. The number of hydrogen-bond acceptors (Lipinski definition) is 6. The first-order valence-electron chi connectivity index (χ1n) is 8.14. The van der Waals surface area contributed by atoms with E-state index in [0.29, 0.717) is 18.3 Å². The van der Waals surface area contributed by atoms with Crippen molar-refractivity contribution in [1.82, 2.24) is 9.88 Å². The number of benzene rings is 1. The van der Waals surface area contributed by atoms with E-state index in [0.717, 1.165) is 37.6 Å². The summed E-state index contributed by atoms with van der Waals surface area (Å²) in [5.74, 6) is 0.920. The summed E-state index contributed by atoms with van der Waals surface area (Å²) < 4.78 is 5.72. The van der Waals surface area contributed by atoms with Crippen LogP contribution in [-0.2, 0) is 4.79 Å². The number of aromatic nitrogens is 1. The lowest BCUT2D eigenvalue weighted by atomic mass is 10.2. The van der Waals surface area contributed by atoms with Crippen molar-refractivity contribution in [1.29, 1.82) is 0 Å². The van der Waals surface area contributed by atoms with E-state index >= 15 is 0 Å². The quantitative estimate of drug-likeness (QED) is 0.832. The monoisotopic (exact) mass is 382 g/mol. The molecule has 3 rings (SSSR count). The van der Waals surface area contributed by atoms with Gasteiger partial charge in [0, 0.05) is 37.8 Å². The lowest BCUT2D eigenvalue weighted by Gasteiger charge is -2.36. The molecule has 1 aliphatic rings. The number of anilines is 2. The summed E-state index contributed by atoms with van der Waals surface area (Å²) in [6, 6.07) is 8.13. The number of nitrogens with one attached hydrogen (secondary N) is 1. The molecular weight excluding hydrogens is 360 g/mol. The van der Waals surface area contributed by atoms with Gasteiger partial charge in [-0.1, -0.05) is 12.1 Å². The number of hydrogen-bond donors (Lipinski definition) is 1. The topological polar surface area (TPSA) is 57.7 Å². The lowest BCUT2D eigenvalue weighted by molar-refractivity contribution is -0.117. The highest BCUT2D eigenvalue weighted by molar-refractivity contribution is 7.13. The molecule has 0 saturated carbocycles. The van der Waals surface area contributed by atoms with Crippen LogP contribution in [0.1, 0.15) is 6.92 Å². The molecule has 1 aromatic heterocycles. The van der Waals surface area contributed by atoms with Gasteiger partial charge in [0.15, 0.2) is 5.13 Å². The van der Waals surface area contributed by atoms with Crippen LogP contribution >= 0.6 is 23.7 Å². The van der Waals surface area contributed by atoms with Gasteiger partial charge in [-0.3, -0.25) is 9.69 Å². The van der Waals surface area contributed by atoms with Crippen LogP contribution in [-0.4, -0.2) is 55.1 Å². The Morgan fingerprint density at radius 1 is 1.28 bits per heavy atom. The zero-order chi connectivity index (χ0) is 16.8. The van der Waals surface area contributed by atoms with Crippen LogP contribution in [0.15, 0.2) is 35.8 Å². The number of piperazine rings is 1. The third kappa shape index (κ3) is 5.32. The molecule has 25 heavy (non-hydrogen) atoms. The van der Waals surface area contributed by atoms with Gasteiger partial charge in [-0.25, -0.2) is 4.98 Å². The van der Waals surface area contributed by atoms with Crippen LogP contribution in [0.5, 0.6) is 5.75 Å². The summed E-state index contributed by atoms with van der Waals surface area (Å²) in [6.45, 7) is 6.53. The van der Waals surface area contributed by atoms with Crippen LogP contribution in [0.25, 0.3) is 0 Å². The summed E-state index contributed by atoms with van der Waals surface area (Å²) in [4.78, 5) is 20.6. The fourth-order valence-corrected chi connectivity index (χ4v) is 3.34. The Hall–Kier alpha value is -1.83. The van der Waals surface area contributed by atoms with Crippen LogP contribution in [0.4, 0.5) is 10.8 Å². The smallest absolute Gasteiger partial charge is 0.240 e. The molecule has 0 atom stereocenters. The van der Waals surface area contributed by atoms with Crippen molar-refractivity contribution in [3.63, 3.8) is 0 Å². The number of halogens is 1. The molecule has 1 aromatic carbocycles. The van der Waals surface area contributed by atoms with E-state index in [-0.39, 0.29) is 18.3 Å². The molecule has 2 aromatic rings. The largest absolute Gasteiger partial charge is 0.492 e. The van der Waals surface area contributed by atoms with Crippen molar-refractivity contribution >= 4 is 40.5 Å². The summed E-state index contributed by atoms with van der Waals surface area (Å²) in [7, 11) is 0. The maximum absolute atomic E-state index is 12.0. The minimum absolute atomic E-state index is 0. The first kappa shape index (κ1) is 19.5. The molecule has 0 bridgehead atoms. The maximum Gasteiger partial charge on any atom is 0.240 e. The standard InChI is InChI=1S/C17H22N4O2S.ClH/c1-2-23-15-6-4-3-5-14(15)21-10-8-20(9-11-21)13-16(22)19-17-18-7-12-24-17;/h3-7,12H,2,8-11,13H2,1H3,(H,18,19,22);1H. The van der Waals surface area contributed by atoms with Gasteiger partial charge in [-0.2, -0.15) is 0 Å². The summed E-state index contributed by atoms with van der Waals surface area (Å²) in [5.41, 5.74) is 1.13. The molecule has 0 unspecified atom stereocenters. The van der Waals surface area contributed by atoms with Crippen LogP contribution in [0, 0.1) is 0 Å².